The SMILES string of the molecule is CC(C(=O)c1ccccc1Br)c1ccccc1O. The summed E-state index contributed by atoms with van der Waals surface area (Å²) in [5.41, 5.74) is 1.28. The van der Waals surface area contributed by atoms with Crippen LogP contribution >= 0.6 is 15.9 Å². The van der Waals surface area contributed by atoms with Gasteiger partial charge in [0.15, 0.2) is 5.78 Å². The standard InChI is InChI=1S/C15H13BrO2/c1-10(11-6-3-5-9-14(11)17)15(18)12-7-2-4-8-13(12)16/h2-10,17H,1H3. The lowest BCUT2D eigenvalue weighted by molar-refractivity contribution is 0.0964. The van der Waals surface area contributed by atoms with Gasteiger partial charge in [0, 0.05) is 21.5 Å². The van der Waals surface area contributed by atoms with Gasteiger partial charge in [-0.1, -0.05) is 59.3 Å². The van der Waals surface area contributed by atoms with Crippen LogP contribution in [0.5, 0.6) is 5.75 Å². The number of benzene rings is 2. The van der Waals surface area contributed by atoms with Crippen molar-refractivity contribution in [1.82, 2.24) is 0 Å². The molecule has 1 atom stereocenters. The Hall–Kier alpha value is -1.61. The molecule has 0 saturated carbocycles. The molecule has 2 aromatic carbocycles. The minimum absolute atomic E-state index is 0.0102. The first-order valence-corrected chi connectivity index (χ1v) is 6.47. The third-order valence-electron chi connectivity index (χ3n) is 2.94. The molecule has 2 nitrogen and oxygen atoms in total. The van der Waals surface area contributed by atoms with Crippen molar-refractivity contribution in [3.8, 4) is 5.75 Å². The fraction of sp³-hybridized carbons (Fsp3) is 0.133. The van der Waals surface area contributed by atoms with Crippen LogP contribution in [-0.4, -0.2) is 10.9 Å². The third-order valence-corrected chi connectivity index (χ3v) is 3.63. The van der Waals surface area contributed by atoms with Gasteiger partial charge in [0.1, 0.15) is 5.75 Å². The van der Waals surface area contributed by atoms with Crippen LogP contribution in [0.15, 0.2) is 53.0 Å². The summed E-state index contributed by atoms with van der Waals surface area (Å²) in [5, 5.41) is 9.78. The molecule has 0 amide bonds. The first-order chi connectivity index (χ1) is 8.61. The molecule has 1 unspecified atom stereocenters. The molecule has 0 radical (unpaired) electrons. The highest BCUT2D eigenvalue weighted by Crippen LogP contribution is 2.29. The number of halogens is 1. The highest BCUT2D eigenvalue weighted by Gasteiger charge is 2.21. The fourth-order valence-electron chi connectivity index (χ4n) is 1.89. The molecule has 1 N–H and O–H groups in total. The molecule has 2 aromatic rings. The Labute approximate surface area is 114 Å². The van der Waals surface area contributed by atoms with Gasteiger partial charge in [-0.05, 0) is 12.1 Å². The maximum Gasteiger partial charge on any atom is 0.171 e. The van der Waals surface area contributed by atoms with Gasteiger partial charge in [0.05, 0.1) is 0 Å². The molecule has 0 aliphatic rings. The second-order valence-corrected chi connectivity index (χ2v) is 4.98. The first kappa shape index (κ1) is 12.8. The van der Waals surface area contributed by atoms with Crippen molar-refractivity contribution in [1.29, 1.82) is 0 Å². The highest BCUT2D eigenvalue weighted by atomic mass is 79.9. The van der Waals surface area contributed by atoms with Crippen LogP contribution in [0.3, 0.4) is 0 Å². The number of phenolic OH excluding ortho intramolecular Hbond substituents is 1. The van der Waals surface area contributed by atoms with E-state index < -0.39 is 0 Å². The molecule has 18 heavy (non-hydrogen) atoms. The number of hydrogen-bond acceptors (Lipinski definition) is 2. The number of Topliss-reactive ketones (excluding diaryl/α,β-unsaturated/α-hetero) is 1. The van der Waals surface area contributed by atoms with Crippen LogP contribution in [0.1, 0.15) is 28.8 Å². The lowest BCUT2D eigenvalue weighted by Crippen LogP contribution is -2.10. The molecule has 92 valence electrons. The largest absolute Gasteiger partial charge is 0.508 e. The topological polar surface area (TPSA) is 37.3 Å². The quantitative estimate of drug-likeness (QED) is 0.865. The van der Waals surface area contributed by atoms with Crippen molar-refractivity contribution < 1.29 is 9.90 Å². The van der Waals surface area contributed by atoms with E-state index in [-0.39, 0.29) is 17.5 Å². The van der Waals surface area contributed by atoms with E-state index in [4.69, 9.17) is 0 Å². The van der Waals surface area contributed by atoms with E-state index in [9.17, 15) is 9.90 Å². The van der Waals surface area contributed by atoms with Crippen molar-refractivity contribution in [2.45, 2.75) is 12.8 Å². The summed E-state index contributed by atoms with van der Waals surface area (Å²) in [6.45, 7) is 1.80. The second-order valence-electron chi connectivity index (χ2n) is 4.12. The molecule has 0 fully saturated rings. The van der Waals surface area contributed by atoms with Crippen LogP contribution in [0.2, 0.25) is 0 Å². The average Bonchev–Trinajstić information content (AvgIpc) is 2.38. The maximum atomic E-state index is 12.4. The van der Waals surface area contributed by atoms with E-state index in [1.165, 1.54) is 0 Å². The van der Waals surface area contributed by atoms with Gasteiger partial charge < -0.3 is 5.11 Å². The number of carbonyl (C=O) groups excluding carboxylic acids is 1. The molecule has 0 heterocycles. The monoisotopic (exact) mass is 304 g/mol. The number of phenols is 1. The summed E-state index contributed by atoms with van der Waals surface area (Å²) < 4.78 is 0.775. The van der Waals surface area contributed by atoms with Gasteiger partial charge in [-0.3, -0.25) is 4.79 Å². The molecule has 0 aliphatic heterocycles. The predicted octanol–water partition coefficient (Wildman–Crippen LogP) is 4.14. The Balaban J connectivity index is 2.36. The van der Waals surface area contributed by atoms with E-state index in [1.54, 1.807) is 31.2 Å². The van der Waals surface area contributed by atoms with E-state index in [1.807, 2.05) is 24.3 Å². The summed E-state index contributed by atoms with van der Waals surface area (Å²) in [6, 6.07) is 14.2. The average molecular weight is 305 g/mol. The first-order valence-electron chi connectivity index (χ1n) is 5.68. The summed E-state index contributed by atoms with van der Waals surface area (Å²) in [5.74, 6) is -0.223. The Kier molecular flexibility index (Phi) is 3.82. The van der Waals surface area contributed by atoms with Crippen molar-refractivity contribution in [2.24, 2.45) is 0 Å². The Bertz CT molecular complexity index is 578. The van der Waals surface area contributed by atoms with E-state index in [2.05, 4.69) is 15.9 Å². The molecule has 0 spiro atoms. The zero-order chi connectivity index (χ0) is 13.1. The summed E-state index contributed by atoms with van der Waals surface area (Å²) in [4.78, 5) is 12.4. The number of para-hydroxylation sites is 1. The summed E-state index contributed by atoms with van der Waals surface area (Å²) in [6.07, 6.45) is 0. The molecule has 0 bridgehead atoms. The predicted molar refractivity (Wildman–Crippen MR) is 75.0 cm³/mol. The van der Waals surface area contributed by atoms with Gasteiger partial charge in [-0.2, -0.15) is 0 Å². The fourth-order valence-corrected chi connectivity index (χ4v) is 2.37. The molecular weight excluding hydrogens is 292 g/mol. The van der Waals surface area contributed by atoms with E-state index in [0.717, 1.165) is 4.47 Å². The van der Waals surface area contributed by atoms with Crippen LogP contribution < -0.4 is 0 Å². The minimum atomic E-state index is -0.370. The molecule has 0 saturated heterocycles. The van der Waals surface area contributed by atoms with Crippen molar-refractivity contribution >= 4 is 21.7 Å². The van der Waals surface area contributed by atoms with Crippen LogP contribution in [0, 0.1) is 0 Å². The molecule has 3 heteroatoms. The number of aromatic hydroxyl groups is 1. The van der Waals surface area contributed by atoms with Gasteiger partial charge in [-0.25, -0.2) is 0 Å². The molecule has 2 rings (SSSR count). The zero-order valence-corrected chi connectivity index (χ0v) is 11.5. The van der Waals surface area contributed by atoms with Crippen molar-refractivity contribution in [3.63, 3.8) is 0 Å². The minimum Gasteiger partial charge on any atom is -0.508 e. The number of ketones is 1. The maximum absolute atomic E-state index is 12.4. The zero-order valence-electron chi connectivity index (χ0n) is 9.93. The Morgan fingerprint density at radius 1 is 1.11 bits per heavy atom. The number of hydrogen-bond donors (Lipinski definition) is 1. The van der Waals surface area contributed by atoms with Crippen molar-refractivity contribution in [2.75, 3.05) is 0 Å². The molecular formula is C15H13BrO2. The highest BCUT2D eigenvalue weighted by molar-refractivity contribution is 9.10. The lowest BCUT2D eigenvalue weighted by atomic mass is 9.92. The number of rotatable bonds is 3. The third kappa shape index (κ3) is 2.46. The van der Waals surface area contributed by atoms with Crippen molar-refractivity contribution in [3.05, 3.63) is 64.1 Å². The van der Waals surface area contributed by atoms with Crippen LogP contribution in [0.25, 0.3) is 0 Å². The molecule has 0 aromatic heterocycles. The smallest absolute Gasteiger partial charge is 0.171 e. The lowest BCUT2D eigenvalue weighted by Gasteiger charge is -2.13. The number of carbonyl (C=O) groups is 1. The summed E-state index contributed by atoms with van der Waals surface area (Å²) in [7, 11) is 0. The van der Waals surface area contributed by atoms with Gasteiger partial charge in [0.25, 0.3) is 0 Å². The van der Waals surface area contributed by atoms with Gasteiger partial charge in [-0.15, -0.1) is 0 Å². The van der Waals surface area contributed by atoms with Gasteiger partial charge >= 0.3 is 0 Å². The van der Waals surface area contributed by atoms with E-state index >= 15 is 0 Å². The Morgan fingerprint density at radius 3 is 2.39 bits per heavy atom. The van der Waals surface area contributed by atoms with Gasteiger partial charge in [0.2, 0.25) is 0 Å². The second kappa shape index (κ2) is 5.36. The Morgan fingerprint density at radius 2 is 1.72 bits per heavy atom. The van der Waals surface area contributed by atoms with Crippen LogP contribution in [-0.2, 0) is 0 Å². The van der Waals surface area contributed by atoms with Crippen LogP contribution in [0.4, 0.5) is 0 Å². The summed E-state index contributed by atoms with van der Waals surface area (Å²) >= 11 is 3.37. The normalized spacial score (nSPS) is 12.1. The molecule has 0 aliphatic carbocycles. The van der Waals surface area contributed by atoms with E-state index in [0.29, 0.717) is 11.1 Å².